The Labute approximate surface area is 97.2 Å². The smallest absolute Gasteiger partial charge is 0.264 e. The summed E-state index contributed by atoms with van der Waals surface area (Å²) in [5, 5.41) is 0. The maximum atomic E-state index is 10.8. The van der Waals surface area contributed by atoms with Gasteiger partial charge in [-0.15, -0.1) is 0 Å². The van der Waals surface area contributed by atoms with Crippen LogP contribution in [0.1, 0.15) is 26.2 Å². The summed E-state index contributed by atoms with van der Waals surface area (Å²) < 4.78 is 37.1. The molecule has 5 nitrogen and oxygen atoms in total. The molecule has 1 saturated heterocycles. The number of rotatable bonds is 6. The van der Waals surface area contributed by atoms with Crippen LogP contribution < -0.4 is 0 Å². The van der Waals surface area contributed by atoms with Crippen molar-refractivity contribution in [2.24, 2.45) is 5.92 Å². The summed E-state index contributed by atoms with van der Waals surface area (Å²) >= 11 is 0. The quantitative estimate of drug-likeness (QED) is 0.663. The van der Waals surface area contributed by atoms with Crippen molar-refractivity contribution in [2.45, 2.75) is 32.5 Å². The normalized spacial score (nSPS) is 24.2. The van der Waals surface area contributed by atoms with Crippen LogP contribution in [0.4, 0.5) is 0 Å². The van der Waals surface area contributed by atoms with Gasteiger partial charge in [0.25, 0.3) is 10.1 Å². The molecule has 0 radical (unpaired) electrons. The molecular weight excluding hydrogens is 232 g/mol. The van der Waals surface area contributed by atoms with E-state index >= 15 is 0 Å². The van der Waals surface area contributed by atoms with E-state index in [1.165, 1.54) is 0 Å². The molecule has 2 atom stereocenters. The molecule has 1 rings (SSSR count). The Hall–Kier alpha value is -0.170. The van der Waals surface area contributed by atoms with Crippen molar-refractivity contribution in [1.82, 2.24) is 0 Å². The molecule has 0 bridgehead atoms. The Morgan fingerprint density at radius 2 is 2.12 bits per heavy atom. The first-order valence-corrected chi connectivity index (χ1v) is 7.36. The average Bonchev–Trinajstić information content (AvgIpc) is 2.24. The Kier molecular flexibility index (Phi) is 5.68. The van der Waals surface area contributed by atoms with Crippen LogP contribution in [0.15, 0.2) is 0 Å². The Morgan fingerprint density at radius 3 is 2.69 bits per heavy atom. The molecule has 0 aromatic carbocycles. The fraction of sp³-hybridized carbons (Fsp3) is 1.00. The molecule has 1 aliphatic heterocycles. The van der Waals surface area contributed by atoms with Crippen molar-refractivity contribution < 1.29 is 22.1 Å². The van der Waals surface area contributed by atoms with Crippen LogP contribution >= 0.6 is 0 Å². The lowest BCUT2D eigenvalue weighted by molar-refractivity contribution is -0.169. The zero-order chi connectivity index (χ0) is 12.0. The van der Waals surface area contributed by atoms with Crippen molar-refractivity contribution in [3.05, 3.63) is 0 Å². The summed E-state index contributed by atoms with van der Waals surface area (Å²) in [6.07, 6.45) is 4.05. The van der Waals surface area contributed by atoms with Gasteiger partial charge in [0.1, 0.15) is 0 Å². The summed E-state index contributed by atoms with van der Waals surface area (Å²) in [6, 6.07) is 0. The van der Waals surface area contributed by atoms with Gasteiger partial charge in [-0.1, -0.05) is 6.92 Å². The average molecular weight is 252 g/mol. The van der Waals surface area contributed by atoms with Crippen molar-refractivity contribution in [1.29, 1.82) is 0 Å². The predicted molar refractivity (Wildman–Crippen MR) is 59.5 cm³/mol. The van der Waals surface area contributed by atoms with Crippen LogP contribution in [0.2, 0.25) is 0 Å². The Morgan fingerprint density at radius 1 is 1.38 bits per heavy atom. The highest BCUT2D eigenvalue weighted by Crippen LogP contribution is 2.14. The van der Waals surface area contributed by atoms with Crippen LogP contribution in [-0.4, -0.2) is 40.8 Å². The first kappa shape index (κ1) is 13.9. The van der Waals surface area contributed by atoms with Crippen LogP contribution in [0, 0.1) is 5.92 Å². The van der Waals surface area contributed by atoms with Crippen LogP contribution in [0.5, 0.6) is 0 Å². The van der Waals surface area contributed by atoms with Crippen LogP contribution in [0.25, 0.3) is 0 Å². The van der Waals surface area contributed by atoms with Crippen molar-refractivity contribution in [3.8, 4) is 0 Å². The third-order valence-electron chi connectivity index (χ3n) is 2.27. The molecule has 96 valence electrons. The number of ether oxygens (including phenoxy) is 2. The van der Waals surface area contributed by atoms with E-state index < -0.39 is 10.1 Å². The van der Waals surface area contributed by atoms with Gasteiger partial charge in [-0.05, 0) is 19.3 Å². The minimum atomic E-state index is -3.35. The topological polar surface area (TPSA) is 61.8 Å². The predicted octanol–water partition coefficient (Wildman–Crippen LogP) is 1.14. The van der Waals surface area contributed by atoms with Gasteiger partial charge in [0.15, 0.2) is 6.29 Å². The van der Waals surface area contributed by atoms with Crippen LogP contribution in [-0.2, 0) is 23.8 Å². The molecule has 0 amide bonds. The number of hydrogen-bond acceptors (Lipinski definition) is 5. The first-order valence-electron chi connectivity index (χ1n) is 5.55. The van der Waals surface area contributed by atoms with Crippen molar-refractivity contribution in [2.75, 3.05) is 26.1 Å². The third-order valence-corrected chi connectivity index (χ3v) is 2.84. The molecule has 0 spiro atoms. The van der Waals surface area contributed by atoms with Gasteiger partial charge in [-0.2, -0.15) is 8.42 Å². The lowest BCUT2D eigenvalue weighted by Gasteiger charge is -2.24. The summed E-state index contributed by atoms with van der Waals surface area (Å²) in [5.41, 5.74) is 0. The van der Waals surface area contributed by atoms with Gasteiger partial charge in [-0.25, -0.2) is 0 Å². The standard InChI is InChI=1S/C10H20O5S/c1-9(8-15-16(2,11)12)7-14-10-5-3-4-6-13-10/h9-10H,3-8H2,1-2H3/t9-,10?/m0/s1. The second-order valence-corrected chi connectivity index (χ2v) is 5.87. The highest BCUT2D eigenvalue weighted by atomic mass is 32.2. The molecule has 16 heavy (non-hydrogen) atoms. The maximum absolute atomic E-state index is 10.8. The molecule has 0 saturated carbocycles. The highest BCUT2D eigenvalue weighted by Gasteiger charge is 2.16. The van der Waals surface area contributed by atoms with Gasteiger partial charge in [0.2, 0.25) is 0 Å². The summed E-state index contributed by atoms with van der Waals surface area (Å²) in [7, 11) is -3.35. The van der Waals surface area contributed by atoms with Crippen molar-refractivity contribution >= 4 is 10.1 Å². The van der Waals surface area contributed by atoms with E-state index in [9.17, 15) is 8.42 Å². The van der Waals surface area contributed by atoms with E-state index in [4.69, 9.17) is 9.47 Å². The minimum absolute atomic E-state index is 0.0419. The van der Waals surface area contributed by atoms with E-state index in [0.29, 0.717) is 6.61 Å². The molecular formula is C10H20O5S. The lowest BCUT2D eigenvalue weighted by Crippen LogP contribution is -2.26. The SMILES string of the molecule is C[C@@H](COC1CCCCO1)COS(C)(=O)=O. The van der Waals surface area contributed by atoms with Gasteiger partial charge in [0.05, 0.1) is 19.5 Å². The molecule has 0 aromatic rings. The van der Waals surface area contributed by atoms with Crippen molar-refractivity contribution in [3.63, 3.8) is 0 Å². The highest BCUT2D eigenvalue weighted by molar-refractivity contribution is 7.85. The molecule has 0 aliphatic carbocycles. The Bertz CT molecular complexity index is 282. The van der Waals surface area contributed by atoms with Gasteiger partial charge in [0, 0.05) is 12.5 Å². The molecule has 1 unspecified atom stereocenters. The second kappa shape index (κ2) is 6.54. The third kappa shape index (κ3) is 6.42. The van der Waals surface area contributed by atoms with E-state index in [1.807, 2.05) is 6.92 Å². The summed E-state index contributed by atoms with van der Waals surface area (Å²) in [6.45, 7) is 3.25. The molecule has 1 heterocycles. The van der Waals surface area contributed by atoms with Gasteiger partial charge in [-0.3, -0.25) is 4.18 Å². The maximum Gasteiger partial charge on any atom is 0.264 e. The number of hydrogen-bond donors (Lipinski definition) is 0. The Balaban J connectivity index is 2.11. The van der Waals surface area contributed by atoms with Gasteiger partial charge >= 0.3 is 0 Å². The van der Waals surface area contributed by atoms with E-state index in [-0.39, 0.29) is 18.8 Å². The molecule has 0 aromatic heterocycles. The largest absolute Gasteiger partial charge is 0.353 e. The summed E-state index contributed by atoms with van der Waals surface area (Å²) in [5.74, 6) is 0.0419. The minimum Gasteiger partial charge on any atom is -0.353 e. The molecule has 6 heteroatoms. The van der Waals surface area contributed by atoms with E-state index in [0.717, 1.165) is 32.1 Å². The zero-order valence-electron chi connectivity index (χ0n) is 9.85. The lowest BCUT2D eigenvalue weighted by atomic mass is 10.2. The van der Waals surface area contributed by atoms with Gasteiger partial charge < -0.3 is 9.47 Å². The zero-order valence-corrected chi connectivity index (χ0v) is 10.7. The fourth-order valence-corrected chi connectivity index (χ4v) is 1.88. The fourth-order valence-electron chi connectivity index (χ4n) is 1.40. The molecule has 0 N–H and O–H groups in total. The van der Waals surface area contributed by atoms with E-state index in [1.54, 1.807) is 0 Å². The van der Waals surface area contributed by atoms with Crippen LogP contribution in [0.3, 0.4) is 0 Å². The van der Waals surface area contributed by atoms with E-state index in [2.05, 4.69) is 4.18 Å². The second-order valence-electron chi connectivity index (χ2n) is 4.22. The molecule has 1 aliphatic rings. The first-order chi connectivity index (χ1) is 7.47. The summed E-state index contributed by atoms with van der Waals surface area (Å²) in [4.78, 5) is 0. The molecule has 1 fully saturated rings. The monoisotopic (exact) mass is 252 g/mol.